The van der Waals surface area contributed by atoms with Gasteiger partial charge in [0.25, 0.3) is 0 Å². The van der Waals surface area contributed by atoms with Crippen molar-refractivity contribution >= 4 is 15.9 Å². The summed E-state index contributed by atoms with van der Waals surface area (Å²) in [5, 5.41) is 1.13. The molecule has 0 N–H and O–H groups in total. The van der Waals surface area contributed by atoms with Crippen molar-refractivity contribution in [2.24, 2.45) is 0 Å². The Labute approximate surface area is 130 Å². The molecule has 0 radical (unpaired) electrons. The lowest BCUT2D eigenvalue weighted by Gasteiger charge is -2.35. The maximum atomic E-state index is 5.58. The number of nitrogens with zero attached hydrogens (tertiary/aromatic N) is 1. The molecule has 1 saturated heterocycles. The minimum atomic E-state index is 0.792. The first-order valence-electron chi connectivity index (χ1n) is 7.91. The van der Waals surface area contributed by atoms with E-state index in [2.05, 4.69) is 39.0 Å². The van der Waals surface area contributed by atoms with Crippen molar-refractivity contribution in [3.8, 4) is 5.75 Å². The minimum Gasteiger partial charge on any atom is -0.493 e. The largest absolute Gasteiger partial charge is 0.493 e. The van der Waals surface area contributed by atoms with Crippen LogP contribution in [0.15, 0.2) is 18.2 Å². The summed E-state index contributed by atoms with van der Waals surface area (Å²) in [6.45, 7) is 3.35. The number of fused-ring (bicyclic) bond motifs is 1. The van der Waals surface area contributed by atoms with Gasteiger partial charge < -0.3 is 9.64 Å². The molecular formula is C17H24BrNO. The molecule has 1 aromatic rings. The summed E-state index contributed by atoms with van der Waals surface area (Å²) >= 11 is 3.60. The van der Waals surface area contributed by atoms with E-state index < -0.39 is 0 Å². The second-order valence-electron chi connectivity index (χ2n) is 5.95. The molecule has 0 spiro atoms. The van der Waals surface area contributed by atoms with Crippen LogP contribution in [0, 0.1) is 0 Å². The fourth-order valence-electron chi connectivity index (χ4n) is 3.48. The molecule has 2 aliphatic heterocycles. The number of hydrogen-bond donors (Lipinski definition) is 0. The lowest BCUT2D eigenvalue weighted by Crippen LogP contribution is -2.40. The van der Waals surface area contributed by atoms with Crippen LogP contribution in [0.4, 0.5) is 0 Å². The van der Waals surface area contributed by atoms with E-state index in [1.54, 1.807) is 0 Å². The summed E-state index contributed by atoms with van der Waals surface area (Å²) in [6, 6.07) is 7.55. The highest BCUT2D eigenvalue weighted by molar-refractivity contribution is 9.09. The monoisotopic (exact) mass is 337 g/mol. The predicted octanol–water partition coefficient (Wildman–Crippen LogP) is 3.80. The van der Waals surface area contributed by atoms with E-state index in [0.717, 1.165) is 30.1 Å². The SMILES string of the molecule is BrCCC1CCCCN1CCc1ccc2c(c1)CCO2. The molecule has 2 aliphatic rings. The standard InChI is InChI=1S/C17H24BrNO/c18-9-6-16-3-1-2-10-19(16)11-7-14-4-5-17-15(13-14)8-12-20-17/h4-5,13,16H,1-3,6-12H2. The molecule has 3 rings (SSSR count). The second kappa shape index (κ2) is 6.95. The number of hydrogen-bond acceptors (Lipinski definition) is 2. The molecule has 1 unspecified atom stereocenters. The van der Waals surface area contributed by atoms with Crippen molar-refractivity contribution in [2.45, 2.75) is 44.6 Å². The molecule has 1 fully saturated rings. The third-order valence-electron chi connectivity index (χ3n) is 4.63. The van der Waals surface area contributed by atoms with Gasteiger partial charge in [-0.15, -0.1) is 0 Å². The topological polar surface area (TPSA) is 12.5 Å². The van der Waals surface area contributed by atoms with Crippen LogP contribution in [0.5, 0.6) is 5.75 Å². The second-order valence-corrected chi connectivity index (χ2v) is 6.75. The van der Waals surface area contributed by atoms with E-state index >= 15 is 0 Å². The maximum absolute atomic E-state index is 5.58. The summed E-state index contributed by atoms with van der Waals surface area (Å²) in [5.74, 6) is 1.10. The fourth-order valence-corrected chi connectivity index (χ4v) is 4.00. The molecule has 1 atom stereocenters. The van der Waals surface area contributed by atoms with E-state index in [0.29, 0.717) is 0 Å². The lowest BCUT2D eigenvalue weighted by molar-refractivity contribution is 0.147. The zero-order valence-corrected chi connectivity index (χ0v) is 13.7. The summed E-state index contributed by atoms with van der Waals surface area (Å²) in [7, 11) is 0. The fraction of sp³-hybridized carbons (Fsp3) is 0.647. The molecule has 0 saturated carbocycles. The zero-order valence-electron chi connectivity index (χ0n) is 12.1. The number of rotatable bonds is 5. The van der Waals surface area contributed by atoms with E-state index in [-0.39, 0.29) is 0 Å². The first-order valence-corrected chi connectivity index (χ1v) is 9.03. The quantitative estimate of drug-likeness (QED) is 0.757. The molecule has 2 heterocycles. The first kappa shape index (κ1) is 14.4. The number of alkyl halides is 1. The van der Waals surface area contributed by atoms with Crippen LogP contribution >= 0.6 is 15.9 Å². The predicted molar refractivity (Wildman–Crippen MR) is 87.0 cm³/mol. The molecule has 0 aliphatic carbocycles. The first-order chi connectivity index (χ1) is 9.86. The highest BCUT2D eigenvalue weighted by Crippen LogP contribution is 2.26. The van der Waals surface area contributed by atoms with Gasteiger partial charge in [-0.2, -0.15) is 0 Å². The van der Waals surface area contributed by atoms with Gasteiger partial charge in [-0.25, -0.2) is 0 Å². The Balaban J connectivity index is 1.57. The van der Waals surface area contributed by atoms with Crippen LogP contribution in [-0.4, -0.2) is 36.0 Å². The Morgan fingerprint density at radius 3 is 3.15 bits per heavy atom. The normalized spacial score (nSPS) is 22.6. The molecule has 3 heteroatoms. The summed E-state index contributed by atoms with van der Waals surface area (Å²) in [4.78, 5) is 2.70. The third kappa shape index (κ3) is 3.37. The van der Waals surface area contributed by atoms with E-state index in [1.165, 1.54) is 56.3 Å². The molecule has 20 heavy (non-hydrogen) atoms. The molecule has 2 nitrogen and oxygen atoms in total. The molecule has 1 aromatic carbocycles. The number of halogens is 1. The van der Waals surface area contributed by atoms with Crippen LogP contribution in [0.25, 0.3) is 0 Å². The number of piperidine rings is 1. The number of benzene rings is 1. The number of ether oxygens (including phenoxy) is 1. The Morgan fingerprint density at radius 1 is 1.30 bits per heavy atom. The highest BCUT2D eigenvalue weighted by Gasteiger charge is 2.21. The van der Waals surface area contributed by atoms with Crippen LogP contribution < -0.4 is 4.74 Å². The lowest BCUT2D eigenvalue weighted by atomic mass is 9.99. The van der Waals surface area contributed by atoms with E-state index in [1.807, 2.05) is 0 Å². The van der Waals surface area contributed by atoms with Crippen molar-refractivity contribution < 1.29 is 4.74 Å². The van der Waals surface area contributed by atoms with Gasteiger partial charge in [0, 0.05) is 24.3 Å². The van der Waals surface area contributed by atoms with Gasteiger partial charge in [-0.1, -0.05) is 34.5 Å². The molecule has 0 amide bonds. The van der Waals surface area contributed by atoms with Gasteiger partial charge in [0.15, 0.2) is 0 Å². The summed E-state index contributed by atoms with van der Waals surface area (Å²) in [5.41, 5.74) is 2.87. The van der Waals surface area contributed by atoms with Gasteiger partial charge in [-0.05, 0) is 49.4 Å². The van der Waals surface area contributed by atoms with Crippen molar-refractivity contribution in [1.82, 2.24) is 4.90 Å². The van der Waals surface area contributed by atoms with Gasteiger partial charge in [0.05, 0.1) is 6.61 Å². The van der Waals surface area contributed by atoms with E-state index in [4.69, 9.17) is 4.74 Å². The van der Waals surface area contributed by atoms with Crippen molar-refractivity contribution in [1.29, 1.82) is 0 Å². The van der Waals surface area contributed by atoms with Gasteiger partial charge in [-0.3, -0.25) is 0 Å². The molecule has 110 valence electrons. The highest BCUT2D eigenvalue weighted by atomic mass is 79.9. The smallest absolute Gasteiger partial charge is 0.122 e. The Kier molecular flexibility index (Phi) is 5.00. The minimum absolute atomic E-state index is 0.792. The van der Waals surface area contributed by atoms with Gasteiger partial charge in [0.2, 0.25) is 0 Å². The summed E-state index contributed by atoms with van der Waals surface area (Å²) < 4.78 is 5.58. The number of likely N-dealkylation sites (tertiary alicyclic amines) is 1. The van der Waals surface area contributed by atoms with Gasteiger partial charge in [0.1, 0.15) is 5.75 Å². The Morgan fingerprint density at radius 2 is 2.25 bits per heavy atom. The maximum Gasteiger partial charge on any atom is 0.122 e. The average Bonchev–Trinajstić information content (AvgIpc) is 2.94. The van der Waals surface area contributed by atoms with Crippen molar-refractivity contribution in [3.05, 3.63) is 29.3 Å². The molecule has 0 aromatic heterocycles. The van der Waals surface area contributed by atoms with Crippen molar-refractivity contribution in [2.75, 3.05) is 25.0 Å². The molecule has 0 bridgehead atoms. The Hall–Kier alpha value is -0.540. The van der Waals surface area contributed by atoms with E-state index in [9.17, 15) is 0 Å². The third-order valence-corrected chi connectivity index (χ3v) is 5.09. The van der Waals surface area contributed by atoms with Crippen LogP contribution in [0.2, 0.25) is 0 Å². The van der Waals surface area contributed by atoms with Crippen LogP contribution in [0.3, 0.4) is 0 Å². The summed E-state index contributed by atoms with van der Waals surface area (Å²) in [6.07, 6.45) is 7.70. The van der Waals surface area contributed by atoms with Crippen LogP contribution in [-0.2, 0) is 12.8 Å². The average molecular weight is 338 g/mol. The van der Waals surface area contributed by atoms with Crippen molar-refractivity contribution in [3.63, 3.8) is 0 Å². The van der Waals surface area contributed by atoms with Crippen LogP contribution in [0.1, 0.15) is 36.8 Å². The zero-order chi connectivity index (χ0) is 13.8. The Bertz CT molecular complexity index is 447. The molecular weight excluding hydrogens is 314 g/mol. The van der Waals surface area contributed by atoms with Gasteiger partial charge >= 0.3 is 0 Å².